The van der Waals surface area contributed by atoms with Gasteiger partial charge in [-0.1, -0.05) is 0 Å². The summed E-state index contributed by atoms with van der Waals surface area (Å²) in [6, 6.07) is 0. The molecule has 0 unspecified atom stereocenters. The predicted molar refractivity (Wildman–Crippen MR) is 34.8 cm³/mol. The third kappa shape index (κ3) is 1.52. The molecule has 0 spiro atoms. The Bertz CT molecular complexity index is 128. The van der Waals surface area contributed by atoms with E-state index in [9.17, 15) is 0 Å². The number of aliphatic hydroxyl groups is 4. The molecule has 0 bridgehead atoms. The molecule has 1 rings (SSSR count). The van der Waals surface area contributed by atoms with Gasteiger partial charge in [-0.3, -0.25) is 0 Å². The van der Waals surface area contributed by atoms with Gasteiger partial charge in [-0.15, -0.1) is 0 Å². The summed E-state index contributed by atoms with van der Waals surface area (Å²) in [5.74, 6) is 0. The Morgan fingerprint density at radius 2 is 2.00 bits per heavy atom. The Balaban J connectivity index is 2.32. The van der Waals surface area contributed by atoms with Crippen molar-refractivity contribution in [3.63, 3.8) is 0 Å². The molecule has 1 fully saturated rings. The minimum Gasteiger partial charge on any atom is -0.394 e. The summed E-state index contributed by atoms with van der Waals surface area (Å²) in [5.41, 5.74) is 0. The van der Waals surface area contributed by atoms with Gasteiger partial charge in [-0.05, 0) is 0 Å². The van der Waals surface area contributed by atoms with Crippen molar-refractivity contribution < 1.29 is 25.2 Å². The fraction of sp³-hybridized carbons (Fsp3) is 1.00. The van der Waals surface area contributed by atoms with Crippen molar-refractivity contribution in [2.45, 2.75) is 24.4 Å². The molecular formula is C6H12O5. The maximum absolute atomic E-state index is 9.11. The highest BCUT2D eigenvalue weighted by Crippen LogP contribution is 2.23. The smallest absolute Gasteiger partial charge is 0.115 e. The first-order chi connectivity index (χ1) is 5.20. The highest BCUT2D eigenvalue weighted by Gasteiger charge is 2.44. The van der Waals surface area contributed by atoms with E-state index in [2.05, 4.69) is 0 Å². The molecule has 0 aromatic rings. The molecule has 0 aliphatic carbocycles. The van der Waals surface area contributed by atoms with Gasteiger partial charge in [-0.25, -0.2) is 0 Å². The fourth-order valence-electron chi connectivity index (χ4n) is 1.06. The molecule has 5 heteroatoms. The van der Waals surface area contributed by atoms with E-state index in [0.717, 1.165) is 0 Å². The van der Waals surface area contributed by atoms with E-state index in [4.69, 9.17) is 25.2 Å². The topological polar surface area (TPSA) is 90.2 Å². The zero-order chi connectivity index (χ0) is 8.43. The number of hydrogen-bond acceptors (Lipinski definition) is 5. The second-order valence-electron chi connectivity index (χ2n) is 2.56. The molecule has 66 valence electrons. The fourth-order valence-corrected chi connectivity index (χ4v) is 1.06. The zero-order valence-electron chi connectivity index (χ0n) is 5.92. The van der Waals surface area contributed by atoms with E-state index in [1.165, 1.54) is 0 Å². The van der Waals surface area contributed by atoms with Gasteiger partial charge in [0.2, 0.25) is 0 Å². The maximum atomic E-state index is 9.11. The highest BCUT2D eigenvalue weighted by molar-refractivity contribution is 4.91. The summed E-state index contributed by atoms with van der Waals surface area (Å²) in [6.45, 7) is -0.713. The van der Waals surface area contributed by atoms with Crippen molar-refractivity contribution >= 4 is 0 Å². The van der Waals surface area contributed by atoms with Crippen molar-refractivity contribution in [3.8, 4) is 0 Å². The highest BCUT2D eigenvalue weighted by atomic mass is 16.6. The van der Waals surface area contributed by atoms with E-state index in [-0.39, 0.29) is 6.61 Å². The van der Waals surface area contributed by atoms with Crippen LogP contribution in [-0.4, -0.2) is 58.1 Å². The molecule has 1 heterocycles. The van der Waals surface area contributed by atoms with Gasteiger partial charge < -0.3 is 25.2 Å². The van der Waals surface area contributed by atoms with E-state index >= 15 is 0 Å². The molecule has 0 radical (unpaired) electrons. The lowest BCUT2D eigenvalue weighted by Gasteiger charge is -2.42. The molecule has 0 aromatic heterocycles. The molecular weight excluding hydrogens is 152 g/mol. The van der Waals surface area contributed by atoms with Gasteiger partial charge in [0, 0.05) is 0 Å². The third-order valence-corrected chi connectivity index (χ3v) is 1.80. The Kier molecular flexibility index (Phi) is 2.80. The predicted octanol–water partition coefficient (Wildman–Crippen LogP) is -2.54. The van der Waals surface area contributed by atoms with Crippen LogP contribution in [0.3, 0.4) is 0 Å². The summed E-state index contributed by atoms with van der Waals surface area (Å²) in [4.78, 5) is 0. The van der Waals surface area contributed by atoms with Crippen molar-refractivity contribution in [1.82, 2.24) is 0 Å². The summed E-state index contributed by atoms with van der Waals surface area (Å²) >= 11 is 0. The van der Waals surface area contributed by atoms with Crippen molar-refractivity contribution in [2.24, 2.45) is 0 Å². The van der Waals surface area contributed by atoms with Crippen LogP contribution < -0.4 is 0 Å². The Labute approximate surface area is 63.8 Å². The largest absolute Gasteiger partial charge is 0.394 e. The zero-order valence-corrected chi connectivity index (χ0v) is 5.92. The first kappa shape index (κ1) is 8.89. The molecule has 4 N–H and O–H groups in total. The van der Waals surface area contributed by atoms with E-state index < -0.39 is 31.0 Å². The second kappa shape index (κ2) is 3.46. The lowest BCUT2D eigenvalue weighted by Crippen LogP contribution is -2.61. The molecule has 0 aromatic carbocycles. The van der Waals surface area contributed by atoms with Crippen LogP contribution >= 0.6 is 0 Å². The third-order valence-electron chi connectivity index (χ3n) is 1.80. The summed E-state index contributed by atoms with van der Waals surface area (Å²) in [7, 11) is 0. The van der Waals surface area contributed by atoms with E-state index in [1.54, 1.807) is 0 Å². The van der Waals surface area contributed by atoms with Gasteiger partial charge >= 0.3 is 0 Å². The molecule has 0 amide bonds. The minimum atomic E-state index is -1.06. The van der Waals surface area contributed by atoms with Gasteiger partial charge in [0.15, 0.2) is 0 Å². The monoisotopic (exact) mass is 164 g/mol. The molecule has 5 nitrogen and oxygen atoms in total. The molecule has 1 saturated heterocycles. The average Bonchev–Trinajstić information content (AvgIpc) is 2.02. The maximum Gasteiger partial charge on any atom is 0.115 e. The van der Waals surface area contributed by atoms with E-state index in [0.29, 0.717) is 0 Å². The Hall–Kier alpha value is -0.200. The summed E-state index contributed by atoms with van der Waals surface area (Å²) < 4.78 is 4.84. The molecule has 4 atom stereocenters. The van der Waals surface area contributed by atoms with Crippen LogP contribution in [0.25, 0.3) is 0 Å². The van der Waals surface area contributed by atoms with Crippen LogP contribution in [0, 0.1) is 0 Å². The minimum absolute atomic E-state index is 0.268. The SMILES string of the molecule is OC[C@@H](O)[C@@H]1O[C@H](CO)[C@H]1O. The van der Waals surface area contributed by atoms with Crippen LogP contribution in [0.1, 0.15) is 0 Å². The number of aliphatic hydroxyl groups excluding tert-OH is 4. The standard InChI is InChI=1S/C6H12O5/c7-1-3(9)6-5(10)4(2-8)11-6/h3-10H,1-2H2/t3-,4-,5-,6+/m1/s1. The van der Waals surface area contributed by atoms with Crippen molar-refractivity contribution in [2.75, 3.05) is 13.2 Å². The first-order valence-electron chi connectivity index (χ1n) is 3.44. The molecule has 11 heavy (non-hydrogen) atoms. The number of rotatable bonds is 3. The lowest BCUT2D eigenvalue weighted by atomic mass is 9.97. The summed E-state index contributed by atoms with van der Waals surface area (Å²) in [6.07, 6.45) is -3.30. The van der Waals surface area contributed by atoms with Crippen molar-refractivity contribution in [3.05, 3.63) is 0 Å². The quantitative estimate of drug-likeness (QED) is 0.369. The Morgan fingerprint density at radius 3 is 2.36 bits per heavy atom. The van der Waals surface area contributed by atoms with Crippen LogP contribution in [0.4, 0.5) is 0 Å². The van der Waals surface area contributed by atoms with Crippen LogP contribution in [-0.2, 0) is 4.74 Å². The van der Waals surface area contributed by atoms with Crippen LogP contribution in [0.5, 0.6) is 0 Å². The van der Waals surface area contributed by atoms with Crippen molar-refractivity contribution in [1.29, 1.82) is 0 Å². The molecule has 0 saturated carbocycles. The molecule has 1 aliphatic heterocycles. The number of ether oxygens (including phenoxy) is 1. The lowest BCUT2D eigenvalue weighted by molar-refractivity contribution is -0.264. The van der Waals surface area contributed by atoms with Gasteiger partial charge in [0.1, 0.15) is 24.4 Å². The first-order valence-corrected chi connectivity index (χ1v) is 3.44. The van der Waals surface area contributed by atoms with Gasteiger partial charge in [0.25, 0.3) is 0 Å². The van der Waals surface area contributed by atoms with Crippen LogP contribution in [0.15, 0.2) is 0 Å². The van der Waals surface area contributed by atoms with Crippen LogP contribution in [0.2, 0.25) is 0 Å². The average molecular weight is 164 g/mol. The number of hydrogen-bond donors (Lipinski definition) is 4. The molecule has 1 aliphatic rings. The second-order valence-corrected chi connectivity index (χ2v) is 2.56. The Morgan fingerprint density at radius 1 is 1.36 bits per heavy atom. The van der Waals surface area contributed by atoms with E-state index in [1.807, 2.05) is 0 Å². The van der Waals surface area contributed by atoms with Gasteiger partial charge in [0.05, 0.1) is 13.2 Å². The van der Waals surface area contributed by atoms with Gasteiger partial charge in [-0.2, -0.15) is 0 Å². The summed E-state index contributed by atoms with van der Waals surface area (Å²) in [5, 5.41) is 35.0. The normalized spacial score (nSPS) is 39.8.